The van der Waals surface area contributed by atoms with Crippen LogP contribution in [0.5, 0.6) is 0 Å². The number of hydrogen-bond acceptors (Lipinski definition) is 4. The van der Waals surface area contributed by atoms with E-state index in [1.807, 2.05) is 0 Å². The first-order valence-corrected chi connectivity index (χ1v) is 6.42. The highest BCUT2D eigenvalue weighted by Crippen LogP contribution is 2.13. The Labute approximate surface area is 89.3 Å². The van der Waals surface area contributed by atoms with Crippen LogP contribution in [0.2, 0.25) is 0 Å². The van der Waals surface area contributed by atoms with Crippen molar-refractivity contribution in [3.8, 4) is 0 Å². The summed E-state index contributed by atoms with van der Waals surface area (Å²) in [6.07, 6.45) is 1.46. The first-order chi connectivity index (χ1) is 6.93. The predicted octanol–water partition coefficient (Wildman–Crippen LogP) is -0.915. The van der Waals surface area contributed by atoms with Crippen LogP contribution in [0.3, 0.4) is 0 Å². The molecule has 6 nitrogen and oxygen atoms in total. The van der Waals surface area contributed by atoms with E-state index in [4.69, 9.17) is 5.11 Å². The summed E-state index contributed by atoms with van der Waals surface area (Å²) in [6, 6.07) is -0.0735. The lowest BCUT2D eigenvalue weighted by atomic mass is 10.1. The first kappa shape index (κ1) is 12.4. The third-order valence-electron chi connectivity index (χ3n) is 2.57. The SMILES string of the molecule is CN(C1CCNCC1)S(=O)(=O)CC(=O)O. The maximum Gasteiger partial charge on any atom is 0.320 e. The minimum absolute atomic E-state index is 0.0735. The molecule has 0 aromatic heterocycles. The third-order valence-corrected chi connectivity index (χ3v) is 4.35. The molecule has 0 spiro atoms. The summed E-state index contributed by atoms with van der Waals surface area (Å²) in [5, 5.41) is 11.6. The molecule has 0 saturated carbocycles. The van der Waals surface area contributed by atoms with E-state index < -0.39 is 21.7 Å². The molecule has 0 aromatic carbocycles. The Morgan fingerprint density at radius 2 is 2.00 bits per heavy atom. The molecule has 1 fully saturated rings. The molecule has 0 aromatic rings. The van der Waals surface area contributed by atoms with E-state index in [1.54, 1.807) is 0 Å². The Bertz CT molecular complexity index is 322. The molecular formula is C8H16N2O4S. The molecule has 0 bridgehead atoms. The number of rotatable bonds is 4. The second-order valence-electron chi connectivity index (χ2n) is 3.65. The minimum Gasteiger partial charge on any atom is -0.480 e. The van der Waals surface area contributed by atoms with E-state index in [-0.39, 0.29) is 6.04 Å². The van der Waals surface area contributed by atoms with Gasteiger partial charge in [0.15, 0.2) is 5.75 Å². The van der Waals surface area contributed by atoms with Crippen molar-refractivity contribution in [3.05, 3.63) is 0 Å². The van der Waals surface area contributed by atoms with Crippen LogP contribution in [0, 0.1) is 0 Å². The van der Waals surface area contributed by atoms with Gasteiger partial charge in [0, 0.05) is 13.1 Å². The van der Waals surface area contributed by atoms with E-state index in [2.05, 4.69) is 5.32 Å². The summed E-state index contributed by atoms with van der Waals surface area (Å²) in [5.74, 6) is -2.14. The van der Waals surface area contributed by atoms with Crippen molar-refractivity contribution in [2.24, 2.45) is 0 Å². The van der Waals surface area contributed by atoms with Gasteiger partial charge in [-0.15, -0.1) is 0 Å². The monoisotopic (exact) mass is 236 g/mol. The Morgan fingerprint density at radius 1 is 1.47 bits per heavy atom. The van der Waals surface area contributed by atoms with Crippen molar-refractivity contribution in [2.75, 3.05) is 25.9 Å². The van der Waals surface area contributed by atoms with Gasteiger partial charge < -0.3 is 10.4 Å². The van der Waals surface area contributed by atoms with Crippen LogP contribution < -0.4 is 5.32 Å². The second kappa shape index (κ2) is 4.91. The molecular weight excluding hydrogens is 220 g/mol. The standard InChI is InChI=1S/C8H16N2O4S/c1-10(7-2-4-9-5-3-7)15(13,14)6-8(11)12/h7,9H,2-6H2,1H3,(H,11,12). The van der Waals surface area contributed by atoms with Crippen molar-refractivity contribution in [3.63, 3.8) is 0 Å². The number of carboxylic acid groups (broad SMARTS) is 1. The van der Waals surface area contributed by atoms with Crippen LogP contribution in [0.15, 0.2) is 0 Å². The lowest BCUT2D eigenvalue weighted by Gasteiger charge is -2.30. The predicted molar refractivity (Wildman–Crippen MR) is 55.1 cm³/mol. The maximum atomic E-state index is 11.6. The normalized spacial score (nSPS) is 19.3. The molecule has 1 aliphatic rings. The Morgan fingerprint density at radius 3 is 2.47 bits per heavy atom. The highest BCUT2D eigenvalue weighted by atomic mass is 32.2. The van der Waals surface area contributed by atoms with E-state index in [1.165, 1.54) is 11.4 Å². The van der Waals surface area contributed by atoms with Gasteiger partial charge in [0.2, 0.25) is 10.0 Å². The zero-order valence-corrected chi connectivity index (χ0v) is 9.46. The van der Waals surface area contributed by atoms with Crippen LogP contribution >= 0.6 is 0 Å². The lowest BCUT2D eigenvalue weighted by Crippen LogP contribution is -2.45. The fourth-order valence-corrected chi connectivity index (χ4v) is 2.84. The molecule has 7 heteroatoms. The molecule has 2 N–H and O–H groups in total. The largest absolute Gasteiger partial charge is 0.480 e. The van der Waals surface area contributed by atoms with E-state index in [0.717, 1.165) is 25.9 Å². The van der Waals surface area contributed by atoms with Crippen LogP contribution in [0.1, 0.15) is 12.8 Å². The van der Waals surface area contributed by atoms with Crippen LogP contribution in [-0.4, -0.2) is 55.7 Å². The van der Waals surface area contributed by atoms with Gasteiger partial charge in [-0.1, -0.05) is 0 Å². The molecule has 0 radical (unpaired) electrons. The molecule has 1 rings (SSSR count). The lowest BCUT2D eigenvalue weighted by molar-refractivity contribution is -0.134. The zero-order valence-electron chi connectivity index (χ0n) is 8.64. The molecule has 1 saturated heterocycles. The molecule has 0 atom stereocenters. The molecule has 15 heavy (non-hydrogen) atoms. The number of piperidine rings is 1. The number of nitrogens with zero attached hydrogens (tertiary/aromatic N) is 1. The summed E-state index contributed by atoms with van der Waals surface area (Å²) in [7, 11) is -2.20. The molecule has 1 heterocycles. The highest BCUT2D eigenvalue weighted by Gasteiger charge is 2.29. The number of sulfonamides is 1. The molecule has 1 aliphatic heterocycles. The highest BCUT2D eigenvalue weighted by molar-refractivity contribution is 7.89. The zero-order chi connectivity index (χ0) is 11.5. The van der Waals surface area contributed by atoms with Crippen molar-refractivity contribution >= 4 is 16.0 Å². The fraction of sp³-hybridized carbons (Fsp3) is 0.875. The summed E-state index contributed by atoms with van der Waals surface area (Å²) in [6.45, 7) is 1.55. The summed E-state index contributed by atoms with van der Waals surface area (Å²) in [5.41, 5.74) is 0. The van der Waals surface area contributed by atoms with Crippen LogP contribution in [-0.2, 0) is 14.8 Å². The average Bonchev–Trinajstić information content (AvgIpc) is 2.16. The third kappa shape index (κ3) is 3.44. The van der Waals surface area contributed by atoms with Crippen molar-refractivity contribution in [2.45, 2.75) is 18.9 Å². The number of aliphatic carboxylic acids is 1. The van der Waals surface area contributed by atoms with Crippen molar-refractivity contribution in [1.82, 2.24) is 9.62 Å². The minimum atomic E-state index is -3.65. The topological polar surface area (TPSA) is 86.7 Å². The molecule has 88 valence electrons. The Balaban J connectivity index is 2.65. The Kier molecular flexibility index (Phi) is 4.06. The first-order valence-electron chi connectivity index (χ1n) is 4.81. The molecule has 0 amide bonds. The molecule has 0 unspecified atom stereocenters. The van der Waals surface area contributed by atoms with Gasteiger partial charge in [-0.05, 0) is 25.9 Å². The number of carboxylic acids is 1. The van der Waals surface area contributed by atoms with E-state index in [0.29, 0.717) is 0 Å². The van der Waals surface area contributed by atoms with Crippen LogP contribution in [0.25, 0.3) is 0 Å². The number of carbonyl (C=O) groups is 1. The van der Waals surface area contributed by atoms with Crippen molar-refractivity contribution in [1.29, 1.82) is 0 Å². The van der Waals surface area contributed by atoms with Gasteiger partial charge in [0.25, 0.3) is 0 Å². The van der Waals surface area contributed by atoms with Crippen molar-refractivity contribution < 1.29 is 18.3 Å². The quantitative estimate of drug-likeness (QED) is 0.659. The second-order valence-corrected chi connectivity index (χ2v) is 5.68. The fourth-order valence-electron chi connectivity index (χ4n) is 1.66. The maximum absolute atomic E-state index is 11.6. The smallest absolute Gasteiger partial charge is 0.320 e. The van der Waals surface area contributed by atoms with Gasteiger partial charge in [-0.25, -0.2) is 12.7 Å². The van der Waals surface area contributed by atoms with Gasteiger partial charge in [-0.3, -0.25) is 4.79 Å². The average molecular weight is 236 g/mol. The number of nitrogens with one attached hydrogen (secondary N) is 1. The Hall–Kier alpha value is -0.660. The van der Waals surface area contributed by atoms with Gasteiger partial charge in [0.05, 0.1) is 0 Å². The summed E-state index contributed by atoms with van der Waals surface area (Å²) in [4.78, 5) is 10.4. The number of hydrogen-bond donors (Lipinski definition) is 2. The van der Waals surface area contributed by atoms with Gasteiger partial charge in [-0.2, -0.15) is 0 Å². The van der Waals surface area contributed by atoms with Gasteiger partial charge >= 0.3 is 5.97 Å². The summed E-state index contributed by atoms with van der Waals surface area (Å²) >= 11 is 0. The molecule has 0 aliphatic carbocycles. The summed E-state index contributed by atoms with van der Waals surface area (Å²) < 4.78 is 24.3. The van der Waals surface area contributed by atoms with Gasteiger partial charge in [0.1, 0.15) is 0 Å². The van der Waals surface area contributed by atoms with E-state index in [9.17, 15) is 13.2 Å². The van der Waals surface area contributed by atoms with Crippen LogP contribution in [0.4, 0.5) is 0 Å². The van der Waals surface area contributed by atoms with E-state index >= 15 is 0 Å².